The first-order valence-electron chi connectivity index (χ1n) is 5.90. The van der Waals surface area contributed by atoms with Crippen molar-refractivity contribution in [3.63, 3.8) is 0 Å². The highest BCUT2D eigenvalue weighted by Crippen LogP contribution is 2.10. The Morgan fingerprint density at radius 1 is 1.53 bits per heavy atom. The number of aryl methyl sites for hydroxylation is 1. The third-order valence-electron chi connectivity index (χ3n) is 2.54. The van der Waals surface area contributed by atoms with Crippen molar-refractivity contribution in [2.24, 2.45) is 5.92 Å². The van der Waals surface area contributed by atoms with Gasteiger partial charge in [-0.2, -0.15) is 5.26 Å². The van der Waals surface area contributed by atoms with Gasteiger partial charge in [0, 0.05) is 6.54 Å². The molecule has 0 radical (unpaired) electrons. The molecule has 3 nitrogen and oxygen atoms in total. The SMILES string of the molecule is CCCNC(=O)C(C#N)Cc1cccc(C)c1. The van der Waals surface area contributed by atoms with E-state index in [4.69, 9.17) is 5.26 Å². The fourth-order valence-corrected chi connectivity index (χ4v) is 1.64. The molecule has 0 saturated carbocycles. The van der Waals surface area contributed by atoms with Crippen LogP contribution in [-0.2, 0) is 11.2 Å². The van der Waals surface area contributed by atoms with Gasteiger partial charge in [-0.05, 0) is 25.3 Å². The molecule has 1 aromatic carbocycles. The highest BCUT2D eigenvalue weighted by molar-refractivity contribution is 5.81. The predicted molar refractivity (Wildman–Crippen MR) is 67.3 cm³/mol. The molecule has 0 aromatic heterocycles. The Bertz CT molecular complexity index is 420. The third-order valence-corrected chi connectivity index (χ3v) is 2.54. The molecule has 0 spiro atoms. The molecule has 1 unspecified atom stereocenters. The topological polar surface area (TPSA) is 52.9 Å². The molecule has 0 fully saturated rings. The largest absolute Gasteiger partial charge is 0.355 e. The van der Waals surface area contributed by atoms with Crippen LogP contribution in [0.2, 0.25) is 0 Å². The van der Waals surface area contributed by atoms with Crippen LogP contribution < -0.4 is 5.32 Å². The summed E-state index contributed by atoms with van der Waals surface area (Å²) in [7, 11) is 0. The number of nitrogens with one attached hydrogen (secondary N) is 1. The van der Waals surface area contributed by atoms with Gasteiger partial charge in [-0.15, -0.1) is 0 Å². The van der Waals surface area contributed by atoms with Gasteiger partial charge < -0.3 is 5.32 Å². The molecule has 1 amide bonds. The van der Waals surface area contributed by atoms with Gasteiger partial charge in [0.2, 0.25) is 5.91 Å². The Kier molecular flexibility index (Phi) is 5.22. The van der Waals surface area contributed by atoms with E-state index in [-0.39, 0.29) is 5.91 Å². The van der Waals surface area contributed by atoms with Crippen LogP contribution in [0.15, 0.2) is 24.3 Å². The zero-order valence-electron chi connectivity index (χ0n) is 10.4. The van der Waals surface area contributed by atoms with Crippen molar-refractivity contribution in [3.8, 4) is 6.07 Å². The van der Waals surface area contributed by atoms with Gasteiger partial charge >= 0.3 is 0 Å². The Morgan fingerprint density at radius 2 is 2.29 bits per heavy atom. The number of hydrogen-bond acceptors (Lipinski definition) is 2. The van der Waals surface area contributed by atoms with Crippen LogP contribution in [0, 0.1) is 24.2 Å². The normalized spacial score (nSPS) is 11.6. The maximum atomic E-state index is 11.7. The molecule has 1 N–H and O–H groups in total. The summed E-state index contributed by atoms with van der Waals surface area (Å²) in [6.45, 7) is 4.62. The predicted octanol–water partition coefficient (Wildman–Crippen LogP) is 2.20. The number of carbonyl (C=O) groups excluding carboxylic acids is 1. The summed E-state index contributed by atoms with van der Waals surface area (Å²) in [6.07, 6.45) is 1.36. The van der Waals surface area contributed by atoms with Crippen molar-refractivity contribution in [1.29, 1.82) is 5.26 Å². The summed E-state index contributed by atoms with van der Waals surface area (Å²) in [6, 6.07) is 9.98. The van der Waals surface area contributed by atoms with E-state index in [0.29, 0.717) is 13.0 Å². The molecule has 3 heteroatoms. The molecule has 0 heterocycles. The first kappa shape index (κ1) is 13.2. The van der Waals surface area contributed by atoms with E-state index in [1.54, 1.807) is 0 Å². The second kappa shape index (κ2) is 6.70. The average molecular weight is 230 g/mol. The van der Waals surface area contributed by atoms with Crippen molar-refractivity contribution in [2.75, 3.05) is 6.54 Å². The monoisotopic (exact) mass is 230 g/mol. The van der Waals surface area contributed by atoms with Gasteiger partial charge in [-0.1, -0.05) is 36.8 Å². The second-order valence-corrected chi connectivity index (χ2v) is 4.17. The Morgan fingerprint density at radius 3 is 2.88 bits per heavy atom. The number of carbonyl (C=O) groups is 1. The maximum Gasteiger partial charge on any atom is 0.237 e. The molecule has 0 bridgehead atoms. The van der Waals surface area contributed by atoms with Gasteiger partial charge in [0.25, 0.3) is 0 Å². The Hall–Kier alpha value is -1.82. The zero-order valence-corrected chi connectivity index (χ0v) is 10.4. The van der Waals surface area contributed by atoms with Crippen molar-refractivity contribution in [3.05, 3.63) is 35.4 Å². The van der Waals surface area contributed by atoms with Crippen LogP contribution in [-0.4, -0.2) is 12.5 Å². The molecule has 17 heavy (non-hydrogen) atoms. The lowest BCUT2D eigenvalue weighted by atomic mass is 9.98. The van der Waals surface area contributed by atoms with Crippen LogP contribution in [0.25, 0.3) is 0 Å². The average Bonchev–Trinajstić information content (AvgIpc) is 2.33. The molecule has 1 rings (SSSR count). The molecular weight excluding hydrogens is 212 g/mol. The summed E-state index contributed by atoms with van der Waals surface area (Å²) in [5.41, 5.74) is 2.18. The lowest BCUT2D eigenvalue weighted by Gasteiger charge is -2.10. The van der Waals surface area contributed by atoms with Gasteiger partial charge in [-0.25, -0.2) is 0 Å². The summed E-state index contributed by atoms with van der Waals surface area (Å²) < 4.78 is 0. The van der Waals surface area contributed by atoms with Crippen LogP contribution >= 0.6 is 0 Å². The third kappa shape index (κ3) is 4.28. The Labute approximate surface area is 102 Å². The van der Waals surface area contributed by atoms with Gasteiger partial charge in [0.15, 0.2) is 0 Å². The van der Waals surface area contributed by atoms with Gasteiger partial charge in [-0.3, -0.25) is 4.79 Å². The quantitative estimate of drug-likeness (QED) is 0.843. The summed E-state index contributed by atoms with van der Waals surface area (Å²) >= 11 is 0. The number of rotatable bonds is 5. The minimum Gasteiger partial charge on any atom is -0.355 e. The lowest BCUT2D eigenvalue weighted by molar-refractivity contribution is -0.123. The number of hydrogen-bond donors (Lipinski definition) is 1. The summed E-state index contributed by atoms with van der Waals surface area (Å²) in [5.74, 6) is -0.765. The molecular formula is C14H18N2O. The van der Waals surface area contributed by atoms with Crippen LogP contribution in [0.3, 0.4) is 0 Å². The van der Waals surface area contributed by atoms with Crippen LogP contribution in [0.4, 0.5) is 0 Å². The number of nitriles is 1. The van der Waals surface area contributed by atoms with Gasteiger partial charge in [0.05, 0.1) is 6.07 Å². The summed E-state index contributed by atoms with van der Waals surface area (Å²) in [4.78, 5) is 11.7. The van der Waals surface area contributed by atoms with Gasteiger partial charge in [0.1, 0.15) is 5.92 Å². The smallest absolute Gasteiger partial charge is 0.237 e. The van der Waals surface area contributed by atoms with E-state index in [1.807, 2.05) is 38.1 Å². The number of benzene rings is 1. The van der Waals surface area contributed by atoms with Crippen molar-refractivity contribution >= 4 is 5.91 Å². The number of amides is 1. The minimum absolute atomic E-state index is 0.171. The summed E-state index contributed by atoms with van der Waals surface area (Å²) in [5, 5.41) is 11.8. The van der Waals surface area contributed by atoms with E-state index < -0.39 is 5.92 Å². The van der Waals surface area contributed by atoms with E-state index >= 15 is 0 Å². The van der Waals surface area contributed by atoms with Crippen molar-refractivity contribution in [1.82, 2.24) is 5.32 Å². The van der Waals surface area contributed by atoms with Crippen LogP contribution in [0.1, 0.15) is 24.5 Å². The molecule has 0 saturated heterocycles. The first-order valence-corrected chi connectivity index (χ1v) is 5.90. The van der Waals surface area contributed by atoms with E-state index in [9.17, 15) is 4.79 Å². The fraction of sp³-hybridized carbons (Fsp3) is 0.429. The van der Waals surface area contributed by atoms with E-state index in [0.717, 1.165) is 17.5 Å². The minimum atomic E-state index is -0.594. The van der Waals surface area contributed by atoms with Crippen molar-refractivity contribution < 1.29 is 4.79 Å². The molecule has 1 aromatic rings. The van der Waals surface area contributed by atoms with Crippen LogP contribution in [0.5, 0.6) is 0 Å². The second-order valence-electron chi connectivity index (χ2n) is 4.17. The van der Waals surface area contributed by atoms with Crippen molar-refractivity contribution in [2.45, 2.75) is 26.7 Å². The first-order chi connectivity index (χ1) is 8.17. The van der Waals surface area contributed by atoms with E-state index in [2.05, 4.69) is 11.4 Å². The standard InChI is InChI=1S/C14H18N2O/c1-3-7-16-14(17)13(10-15)9-12-6-4-5-11(2)8-12/h4-6,8,13H,3,7,9H2,1-2H3,(H,16,17). The Balaban J connectivity index is 2.64. The lowest BCUT2D eigenvalue weighted by Crippen LogP contribution is -2.31. The molecule has 1 atom stereocenters. The van der Waals surface area contributed by atoms with E-state index in [1.165, 1.54) is 0 Å². The fourth-order valence-electron chi connectivity index (χ4n) is 1.64. The number of nitrogens with zero attached hydrogens (tertiary/aromatic N) is 1. The molecule has 0 aliphatic rings. The molecule has 0 aliphatic heterocycles. The molecule has 90 valence electrons. The molecule has 0 aliphatic carbocycles. The maximum absolute atomic E-state index is 11.7. The highest BCUT2D eigenvalue weighted by Gasteiger charge is 2.17. The zero-order chi connectivity index (χ0) is 12.7. The highest BCUT2D eigenvalue weighted by atomic mass is 16.1.